The molecule has 5 nitrogen and oxygen atoms in total. The highest BCUT2D eigenvalue weighted by Crippen LogP contribution is 2.25. The van der Waals surface area contributed by atoms with Crippen molar-refractivity contribution in [2.24, 2.45) is 0 Å². The van der Waals surface area contributed by atoms with Gasteiger partial charge in [0.25, 0.3) is 0 Å². The summed E-state index contributed by atoms with van der Waals surface area (Å²) in [5.41, 5.74) is 1.23. The normalized spacial score (nSPS) is 11.3. The van der Waals surface area contributed by atoms with Gasteiger partial charge in [-0.25, -0.2) is 14.2 Å². The minimum atomic E-state index is -0.775. The Labute approximate surface area is 122 Å². The lowest BCUT2D eigenvalue weighted by molar-refractivity contribution is 0.431. The molecule has 0 aliphatic heterocycles. The first-order chi connectivity index (χ1) is 10.6. The molecular formula is C16H9FN2O3. The quantitative estimate of drug-likeness (QED) is 0.548. The van der Waals surface area contributed by atoms with Crippen LogP contribution in [0.4, 0.5) is 4.39 Å². The van der Waals surface area contributed by atoms with Crippen molar-refractivity contribution in [1.29, 1.82) is 0 Å². The number of imidazole rings is 1. The van der Waals surface area contributed by atoms with E-state index >= 15 is 0 Å². The second-order valence-corrected chi connectivity index (χ2v) is 4.86. The molecule has 0 amide bonds. The lowest BCUT2D eigenvalue weighted by Gasteiger charge is -2.05. The van der Waals surface area contributed by atoms with E-state index in [1.54, 1.807) is 4.57 Å². The van der Waals surface area contributed by atoms with Crippen LogP contribution in [0, 0.1) is 5.82 Å². The molecule has 0 saturated carbocycles. The minimum absolute atomic E-state index is 0.122. The number of benzene rings is 2. The maximum Gasteiger partial charge on any atom is 0.360 e. The number of para-hydroxylation sites is 2. The van der Waals surface area contributed by atoms with Crippen LogP contribution in [-0.2, 0) is 0 Å². The fourth-order valence-electron chi connectivity index (χ4n) is 2.44. The largest absolute Gasteiger partial charge is 0.505 e. The van der Waals surface area contributed by atoms with Gasteiger partial charge in [-0.3, -0.25) is 4.57 Å². The second kappa shape index (κ2) is 4.42. The molecule has 1 N–H and O–H groups in total. The SMILES string of the molecule is O=c1oc2cc(O)c(F)cc2cc1-n1cnc2ccccc21. The van der Waals surface area contributed by atoms with Crippen LogP contribution in [0.2, 0.25) is 0 Å². The van der Waals surface area contributed by atoms with Crippen LogP contribution < -0.4 is 5.63 Å². The first-order valence-electron chi connectivity index (χ1n) is 6.52. The van der Waals surface area contributed by atoms with Gasteiger partial charge in [0, 0.05) is 11.5 Å². The fraction of sp³-hybridized carbons (Fsp3) is 0. The molecule has 0 aliphatic carbocycles. The maximum atomic E-state index is 13.5. The molecule has 4 rings (SSSR count). The minimum Gasteiger partial charge on any atom is -0.505 e. The smallest absolute Gasteiger partial charge is 0.360 e. The lowest BCUT2D eigenvalue weighted by atomic mass is 10.2. The predicted octanol–water partition coefficient (Wildman–Crippen LogP) is 2.98. The topological polar surface area (TPSA) is 68.3 Å². The average molecular weight is 296 g/mol. The Morgan fingerprint density at radius 1 is 1.18 bits per heavy atom. The first kappa shape index (κ1) is 12.6. The third kappa shape index (κ3) is 1.77. The number of aromatic nitrogens is 2. The van der Waals surface area contributed by atoms with E-state index < -0.39 is 17.2 Å². The lowest BCUT2D eigenvalue weighted by Crippen LogP contribution is -2.09. The van der Waals surface area contributed by atoms with Gasteiger partial charge < -0.3 is 9.52 Å². The molecule has 4 aromatic rings. The highest BCUT2D eigenvalue weighted by atomic mass is 19.1. The van der Waals surface area contributed by atoms with E-state index in [0.717, 1.165) is 23.2 Å². The monoisotopic (exact) mass is 296 g/mol. The fourth-order valence-corrected chi connectivity index (χ4v) is 2.44. The van der Waals surface area contributed by atoms with E-state index in [9.17, 15) is 14.3 Å². The molecule has 0 atom stereocenters. The van der Waals surface area contributed by atoms with Crippen molar-refractivity contribution in [2.75, 3.05) is 0 Å². The van der Waals surface area contributed by atoms with E-state index in [1.165, 1.54) is 12.4 Å². The summed E-state index contributed by atoms with van der Waals surface area (Å²) in [7, 11) is 0. The number of aromatic hydroxyl groups is 1. The van der Waals surface area contributed by atoms with E-state index in [1.807, 2.05) is 24.3 Å². The predicted molar refractivity (Wildman–Crippen MR) is 78.7 cm³/mol. The number of fused-ring (bicyclic) bond motifs is 2. The van der Waals surface area contributed by atoms with Crippen molar-refractivity contribution >= 4 is 22.0 Å². The Balaban J connectivity index is 2.04. The van der Waals surface area contributed by atoms with Gasteiger partial charge in [-0.15, -0.1) is 0 Å². The van der Waals surface area contributed by atoms with E-state index in [0.29, 0.717) is 5.39 Å². The molecule has 0 spiro atoms. The van der Waals surface area contributed by atoms with E-state index in [4.69, 9.17) is 4.42 Å². The highest BCUT2D eigenvalue weighted by Gasteiger charge is 2.12. The number of hydrogen-bond acceptors (Lipinski definition) is 4. The summed E-state index contributed by atoms with van der Waals surface area (Å²) < 4.78 is 20.2. The van der Waals surface area contributed by atoms with Crippen LogP contribution in [0.25, 0.3) is 27.7 Å². The molecule has 22 heavy (non-hydrogen) atoms. The number of nitrogens with zero attached hydrogens (tertiary/aromatic N) is 2. The van der Waals surface area contributed by atoms with Gasteiger partial charge in [-0.2, -0.15) is 0 Å². The molecule has 0 aliphatic rings. The first-order valence-corrected chi connectivity index (χ1v) is 6.52. The van der Waals surface area contributed by atoms with Crippen LogP contribution in [0.15, 0.2) is 58.0 Å². The standard InChI is InChI=1S/C16H9FN2O3/c17-10-5-9-6-13(16(21)22-15(9)7-14(10)20)19-8-18-11-3-1-2-4-12(11)19/h1-8,20H. The van der Waals surface area contributed by atoms with Gasteiger partial charge in [0.1, 0.15) is 17.6 Å². The zero-order valence-corrected chi connectivity index (χ0v) is 11.2. The number of phenols is 1. The Bertz CT molecular complexity index is 1080. The van der Waals surface area contributed by atoms with Crippen molar-refractivity contribution < 1.29 is 13.9 Å². The summed E-state index contributed by atoms with van der Waals surface area (Å²) in [6.07, 6.45) is 1.51. The third-order valence-corrected chi connectivity index (χ3v) is 3.50. The zero-order chi connectivity index (χ0) is 15.3. The van der Waals surface area contributed by atoms with Gasteiger partial charge >= 0.3 is 5.63 Å². The summed E-state index contributed by atoms with van der Waals surface area (Å²) in [5, 5.41) is 9.73. The van der Waals surface area contributed by atoms with Crippen molar-refractivity contribution in [3.05, 3.63) is 65.0 Å². The van der Waals surface area contributed by atoms with Crippen molar-refractivity contribution in [1.82, 2.24) is 9.55 Å². The second-order valence-electron chi connectivity index (χ2n) is 4.86. The summed E-state index contributed by atoms with van der Waals surface area (Å²) in [6.45, 7) is 0. The zero-order valence-electron chi connectivity index (χ0n) is 11.2. The molecule has 6 heteroatoms. The summed E-state index contributed by atoms with van der Waals surface area (Å²) in [6, 6.07) is 11.0. The Morgan fingerprint density at radius 2 is 2.00 bits per heavy atom. The Morgan fingerprint density at radius 3 is 2.86 bits per heavy atom. The average Bonchev–Trinajstić information content (AvgIpc) is 2.92. The van der Waals surface area contributed by atoms with Gasteiger partial charge in [0.2, 0.25) is 0 Å². The molecule has 0 radical (unpaired) electrons. The molecule has 2 heterocycles. The van der Waals surface area contributed by atoms with Gasteiger partial charge in [-0.1, -0.05) is 12.1 Å². The van der Waals surface area contributed by atoms with Crippen LogP contribution in [0.3, 0.4) is 0 Å². The molecule has 0 unspecified atom stereocenters. The van der Waals surface area contributed by atoms with Crippen molar-refractivity contribution in [3.8, 4) is 11.4 Å². The maximum absolute atomic E-state index is 13.5. The molecule has 0 saturated heterocycles. The molecular weight excluding hydrogens is 287 g/mol. The van der Waals surface area contributed by atoms with Gasteiger partial charge in [0.05, 0.1) is 11.0 Å². The Hall–Kier alpha value is -3.15. The highest BCUT2D eigenvalue weighted by molar-refractivity contribution is 5.82. The number of phenolic OH excluding ortho intramolecular Hbond substituents is 1. The van der Waals surface area contributed by atoms with Crippen LogP contribution >= 0.6 is 0 Å². The number of rotatable bonds is 1. The number of hydrogen-bond donors (Lipinski definition) is 1. The van der Waals surface area contributed by atoms with Crippen LogP contribution in [0.1, 0.15) is 0 Å². The van der Waals surface area contributed by atoms with Crippen LogP contribution in [-0.4, -0.2) is 14.7 Å². The molecule has 2 aromatic heterocycles. The van der Waals surface area contributed by atoms with Crippen LogP contribution in [0.5, 0.6) is 5.75 Å². The molecule has 0 bridgehead atoms. The molecule has 0 fully saturated rings. The summed E-state index contributed by atoms with van der Waals surface area (Å²) in [5.74, 6) is -1.33. The van der Waals surface area contributed by atoms with Gasteiger partial charge in [0.15, 0.2) is 11.6 Å². The summed E-state index contributed by atoms with van der Waals surface area (Å²) in [4.78, 5) is 16.4. The van der Waals surface area contributed by atoms with E-state index in [-0.39, 0.29) is 11.3 Å². The summed E-state index contributed by atoms with van der Waals surface area (Å²) >= 11 is 0. The van der Waals surface area contributed by atoms with Crippen molar-refractivity contribution in [3.63, 3.8) is 0 Å². The number of halogens is 1. The Kier molecular flexibility index (Phi) is 2.53. The van der Waals surface area contributed by atoms with Gasteiger partial charge in [-0.05, 0) is 24.3 Å². The van der Waals surface area contributed by atoms with Crippen molar-refractivity contribution in [2.45, 2.75) is 0 Å². The third-order valence-electron chi connectivity index (χ3n) is 3.50. The molecule has 2 aromatic carbocycles. The molecule has 108 valence electrons. The van der Waals surface area contributed by atoms with E-state index in [2.05, 4.69) is 4.98 Å².